The van der Waals surface area contributed by atoms with Gasteiger partial charge in [0, 0.05) is 17.0 Å². The van der Waals surface area contributed by atoms with Gasteiger partial charge in [-0.15, -0.1) is 0 Å². The van der Waals surface area contributed by atoms with Crippen molar-refractivity contribution in [2.45, 2.75) is 45.8 Å². The summed E-state index contributed by atoms with van der Waals surface area (Å²) < 4.78 is 18.2. The summed E-state index contributed by atoms with van der Waals surface area (Å²) in [7, 11) is 1.54. The van der Waals surface area contributed by atoms with E-state index in [9.17, 15) is 14.7 Å². The number of fused-ring (bicyclic) bond motifs is 2. The van der Waals surface area contributed by atoms with Gasteiger partial charge in [0.05, 0.1) is 35.5 Å². The van der Waals surface area contributed by atoms with Crippen molar-refractivity contribution in [3.8, 4) is 17.2 Å². The first-order valence-electron chi connectivity index (χ1n) is 14.1. The standard InChI is InChI=1S/C33H31ClN2O6S/c1-17(2)11-12-41-25-10-5-19(15-26(25)40-4)29-28(30(37)20-6-9-24-21(14-20)13-18(3)42-24)31(38)32(39)36(29)33-35-23-8-7-22(34)16-27(23)43-33/h5-10,14-18,29,37H,11-13H2,1-4H3/t18-,29-/m1/s1. The zero-order chi connectivity index (χ0) is 30.4. The number of aliphatic hydroxyl groups excluding tert-OH is 1. The fourth-order valence-corrected chi connectivity index (χ4v) is 6.71. The van der Waals surface area contributed by atoms with Gasteiger partial charge in [-0.1, -0.05) is 42.9 Å². The minimum absolute atomic E-state index is 0.0132. The van der Waals surface area contributed by atoms with Gasteiger partial charge in [0.15, 0.2) is 16.6 Å². The normalized spacial score (nSPS) is 19.3. The molecule has 1 aromatic heterocycles. The number of amides is 1. The van der Waals surface area contributed by atoms with Gasteiger partial charge < -0.3 is 19.3 Å². The molecule has 8 nitrogen and oxygen atoms in total. The third-order valence-electron chi connectivity index (χ3n) is 7.62. The molecule has 6 rings (SSSR count). The molecule has 2 atom stereocenters. The van der Waals surface area contributed by atoms with Gasteiger partial charge in [-0.25, -0.2) is 4.98 Å². The molecule has 1 amide bonds. The van der Waals surface area contributed by atoms with Crippen LogP contribution in [0, 0.1) is 5.92 Å². The molecular weight excluding hydrogens is 588 g/mol. The van der Waals surface area contributed by atoms with Crippen LogP contribution in [0.25, 0.3) is 16.0 Å². The van der Waals surface area contributed by atoms with Gasteiger partial charge in [0.1, 0.15) is 17.6 Å². The van der Waals surface area contributed by atoms with Crippen molar-refractivity contribution in [2.75, 3.05) is 18.6 Å². The number of carbonyl (C=O) groups excluding carboxylic acids is 2. The summed E-state index contributed by atoms with van der Waals surface area (Å²) in [4.78, 5) is 33.5. The fourth-order valence-electron chi connectivity index (χ4n) is 5.44. The zero-order valence-electron chi connectivity index (χ0n) is 24.2. The van der Waals surface area contributed by atoms with E-state index in [4.69, 9.17) is 25.8 Å². The second kappa shape index (κ2) is 11.5. The first-order chi connectivity index (χ1) is 20.6. The van der Waals surface area contributed by atoms with Gasteiger partial charge in [-0.2, -0.15) is 0 Å². The number of hydrogen-bond acceptors (Lipinski definition) is 8. The molecule has 1 saturated heterocycles. The predicted octanol–water partition coefficient (Wildman–Crippen LogP) is 7.33. The Labute approximate surface area is 258 Å². The molecule has 0 bridgehead atoms. The number of benzene rings is 3. The number of rotatable bonds is 8. The van der Waals surface area contributed by atoms with E-state index in [1.807, 2.05) is 13.0 Å². The summed E-state index contributed by atoms with van der Waals surface area (Å²) in [5.74, 6) is 0.355. The predicted molar refractivity (Wildman–Crippen MR) is 168 cm³/mol. The highest BCUT2D eigenvalue weighted by molar-refractivity contribution is 7.22. The number of ether oxygens (including phenoxy) is 3. The van der Waals surface area contributed by atoms with Crippen LogP contribution in [0.2, 0.25) is 5.02 Å². The van der Waals surface area contributed by atoms with Crippen molar-refractivity contribution in [3.05, 3.63) is 81.9 Å². The van der Waals surface area contributed by atoms with Crippen LogP contribution in [0.3, 0.4) is 0 Å². The molecule has 2 aliphatic heterocycles. The maximum absolute atomic E-state index is 13.7. The highest BCUT2D eigenvalue weighted by atomic mass is 35.5. The number of ketones is 1. The van der Waals surface area contributed by atoms with Crippen molar-refractivity contribution in [3.63, 3.8) is 0 Å². The number of thiazole rings is 1. The van der Waals surface area contributed by atoms with Crippen molar-refractivity contribution < 1.29 is 28.9 Å². The number of anilines is 1. The van der Waals surface area contributed by atoms with Crippen LogP contribution in [0.1, 0.15) is 49.9 Å². The molecule has 10 heteroatoms. The molecular formula is C33H31ClN2O6S. The number of aromatic nitrogens is 1. The Hall–Kier alpha value is -4.08. The molecule has 0 aliphatic carbocycles. The Bertz CT molecular complexity index is 1780. The fraction of sp³-hybridized carbons (Fsp3) is 0.303. The topological polar surface area (TPSA) is 98.2 Å². The van der Waals surface area contributed by atoms with Crippen molar-refractivity contribution in [1.29, 1.82) is 0 Å². The van der Waals surface area contributed by atoms with Crippen LogP contribution in [0.15, 0.2) is 60.2 Å². The van der Waals surface area contributed by atoms with Crippen LogP contribution in [0.5, 0.6) is 17.2 Å². The quantitative estimate of drug-likeness (QED) is 0.125. The number of aliphatic hydroxyl groups is 1. The molecule has 1 fully saturated rings. The summed E-state index contributed by atoms with van der Waals surface area (Å²) in [6.45, 7) is 6.73. The van der Waals surface area contributed by atoms with Crippen LogP contribution < -0.4 is 19.1 Å². The van der Waals surface area contributed by atoms with Crippen molar-refractivity contribution >= 4 is 55.7 Å². The van der Waals surface area contributed by atoms with Gasteiger partial charge in [-0.05, 0) is 78.9 Å². The first-order valence-corrected chi connectivity index (χ1v) is 15.3. The average Bonchev–Trinajstić information content (AvgIpc) is 3.64. The lowest BCUT2D eigenvalue weighted by molar-refractivity contribution is -0.132. The number of nitrogens with zero attached hydrogens (tertiary/aromatic N) is 2. The third-order valence-corrected chi connectivity index (χ3v) is 8.87. The smallest absolute Gasteiger partial charge is 0.301 e. The SMILES string of the molecule is COc1cc([C@@H]2C(=C(O)c3ccc4c(c3)C[C@@H](C)O4)C(=O)C(=O)N2c2nc3ccc(Cl)cc3s2)ccc1OCCC(C)C. The minimum Gasteiger partial charge on any atom is -0.507 e. The molecule has 0 spiro atoms. The summed E-state index contributed by atoms with van der Waals surface area (Å²) in [6.07, 6.45) is 1.56. The Kier molecular flexibility index (Phi) is 7.79. The van der Waals surface area contributed by atoms with Crippen molar-refractivity contribution in [2.24, 2.45) is 5.92 Å². The maximum Gasteiger partial charge on any atom is 0.301 e. The molecule has 1 N–H and O–H groups in total. The van der Waals surface area contributed by atoms with E-state index in [1.54, 1.807) is 48.5 Å². The molecule has 0 saturated carbocycles. The molecule has 222 valence electrons. The lowest BCUT2D eigenvalue weighted by Gasteiger charge is -2.24. The summed E-state index contributed by atoms with van der Waals surface area (Å²) in [5, 5.41) is 12.5. The molecule has 4 aromatic rings. The van der Waals surface area contributed by atoms with Gasteiger partial charge in [0.25, 0.3) is 5.78 Å². The molecule has 2 aliphatic rings. The second-order valence-electron chi connectivity index (χ2n) is 11.2. The Balaban J connectivity index is 1.49. The highest BCUT2D eigenvalue weighted by Crippen LogP contribution is 2.46. The highest BCUT2D eigenvalue weighted by Gasteiger charge is 2.48. The number of halogens is 1. The average molecular weight is 619 g/mol. The zero-order valence-corrected chi connectivity index (χ0v) is 25.8. The van der Waals surface area contributed by atoms with E-state index in [0.717, 1.165) is 22.4 Å². The lowest BCUT2D eigenvalue weighted by Crippen LogP contribution is -2.29. The molecule has 3 heterocycles. The van der Waals surface area contributed by atoms with E-state index in [1.165, 1.54) is 23.3 Å². The van der Waals surface area contributed by atoms with Crippen molar-refractivity contribution in [1.82, 2.24) is 4.98 Å². The van der Waals surface area contributed by atoms with E-state index < -0.39 is 17.7 Å². The number of methoxy groups -OCH3 is 1. The van der Waals surface area contributed by atoms with E-state index in [0.29, 0.717) is 57.2 Å². The van der Waals surface area contributed by atoms with Crippen LogP contribution in [-0.4, -0.2) is 41.6 Å². The van der Waals surface area contributed by atoms with E-state index in [-0.39, 0.29) is 17.4 Å². The van der Waals surface area contributed by atoms with Crippen LogP contribution in [-0.2, 0) is 16.0 Å². The van der Waals surface area contributed by atoms with Gasteiger partial charge in [0.2, 0.25) is 0 Å². The molecule has 0 unspecified atom stereocenters. The largest absolute Gasteiger partial charge is 0.507 e. The minimum atomic E-state index is -0.974. The third kappa shape index (κ3) is 5.43. The molecule has 3 aromatic carbocycles. The Morgan fingerprint density at radius 1 is 1.14 bits per heavy atom. The monoisotopic (exact) mass is 618 g/mol. The first kappa shape index (κ1) is 29.0. The Morgan fingerprint density at radius 2 is 1.95 bits per heavy atom. The van der Waals surface area contributed by atoms with Crippen LogP contribution in [0.4, 0.5) is 5.13 Å². The molecule has 43 heavy (non-hydrogen) atoms. The maximum atomic E-state index is 13.7. The number of hydrogen-bond donors (Lipinski definition) is 1. The van der Waals surface area contributed by atoms with Crippen LogP contribution >= 0.6 is 22.9 Å². The van der Waals surface area contributed by atoms with Gasteiger partial charge in [-0.3, -0.25) is 14.5 Å². The lowest BCUT2D eigenvalue weighted by atomic mass is 9.94. The van der Waals surface area contributed by atoms with E-state index >= 15 is 0 Å². The Morgan fingerprint density at radius 3 is 2.72 bits per heavy atom. The molecule has 0 radical (unpaired) electrons. The number of carbonyl (C=O) groups is 2. The van der Waals surface area contributed by atoms with Gasteiger partial charge >= 0.3 is 5.91 Å². The summed E-state index contributed by atoms with van der Waals surface area (Å²) in [6, 6.07) is 14.9. The summed E-state index contributed by atoms with van der Waals surface area (Å²) >= 11 is 7.46. The van der Waals surface area contributed by atoms with E-state index in [2.05, 4.69) is 18.8 Å². The number of Topliss-reactive ketones (excluding diaryl/α,β-unsaturated/α-hetero) is 1. The second-order valence-corrected chi connectivity index (χ2v) is 12.6. The summed E-state index contributed by atoms with van der Waals surface area (Å²) in [5.41, 5.74) is 2.52.